The van der Waals surface area contributed by atoms with Gasteiger partial charge in [0.2, 0.25) is 5.95 Å². The van der Waals surface area contributed by atoms with Crippen molar-refractivity contribution in [3.63, 3.8) is 0 Å². The number of fused-ring (bicyclic) bond motifs is 1. The first kappa shape index (κ1) is 14.9. The van der Waals surface area contributed by atoms with Gasteiger partial charge < -0.3 is 10.6 Å². The molecule has 2 aromatic carbocycles. The van der Waals surface area contributed by atoms with E-state index < -0.39 is 0 Å². The third kappa shape index (κ3) is 3.35. The summed E-state index contributed by atoms with van der Waals surface area (Å²) < 4.78 is 13.4. The van der Waals surface area contributed by atoms with E-state index in [1.54, 1.807) is 24.5 Å². The molecule has 0 aliphatic carbocycles. The van der Waals surface area contributed by atoms with E-state index in [1.165, 1.54) is 12.1 Å². The predicted molar refractivity (Wildman–Crippen MR) is 94.5 cm³/mol. The minimum atomic E-state index is -0.340. The van der Waals surface area contributed by atoms with Crippen molar-refractivity contribution in [1.82, 2.24) is 19.9 Å². The maximum absolute atomic E-state index is 13.4. The molecular weight excluding hydrogens is 319 g/mol. The third-order valence-corrected chi connectivity index (χ3v) is 3.45. The highest BCUT2D eigenvalue weighted by molar-refractivity contribution is 5.85. The van der Waals surface area contributed by atoms with Gasteiger partial charge in [-0.05, 0) is 30.3 Å². The molecule has 0 amide bonds. The first-order valence-corrected chi connectivity index (χ1v) is 7.61. The average molecular weight is 332 g/mol. The molecular formula is C18H13FN6. The Balaban J connectivity index is 1.75. The Morgan fingerprint density at radius 1 is 0.760 bits per heavy atom. The van der Waals surface area contributed by atoms with Crippen LogP contribution in [-0.4, -0.2) is 19.9 Å². The van der Waals surface area contributed by atoms with Crippen LogP contribution in [0.15, 0.2) is 67.0 Å². The Bertz CT molecular complexity index is 1020. The summed E-state index contributed by atoms with van der Waals surface area (Å²) in [6.45, 7) is 0. The third-order valence-electron chi connectivity index (χ3n) is 3.45. The van der Waals surface area contributed by atoms with E-state index in [4.69, 9.17) is 0 Å². The number of hydrogen-bond donors (Lipinski definition) is 2. The van der Waals surface area contributed by atoms with Crippen molar-refractivity contribution in [2.75, 3.05) is 10.6 Å². The fraction of sp³-hybridized carbons (Fsp3) is 0. The van der Waals surface area contributed by atoms with Crippen molar-refractivity contribution in [3.8, 4) is 0 Å². The second-order valence-corrected chi connectivity index (χ2v) is 5.25. The first-order chi connectivity index (χ1) is 12.3. The minimum absolute atomic E-state index is 0.303. The molecule has 0 radical (unpaired) electrons. The van der Waals surface area contributed by atoms with E-state index in [0.717, 1.165) is 5.69 Å². The topological polar surface area (TPSA) is 75.6 Å². The van der Waals surface area contributed by atoms with Gasteiger partial charge in [-0.2, -0.15) is 9.97 Å². The normalized spacial score (nSPS) is 10.6. The Morgan fingerprint density at radius 2 is 1.56 bits per heavy atom. The molecule has 0 saturated carbocycles. The molecule has 4 aromatic rings. The van der Waals surface area contributed by atoms with Crippen LogP contribution < -0.4 is 10.6 Å². The molecule has 0 fully saturated rings. The maximum atomic E-state index is 13.4. The summed E-state index contributed by atoms with van der Waals surface area (Å²) >= 11 is 0. The highest BCUT2D eigenvalue weighted by atomic mass is 19.1. The Kier molecular flexibility index (Phi) is 3.88. The second-order valence-electron chi connectivity index (χ2n) is 5.25. The van der Waals surface area contributed by atoms with Crippen LogP contribution in [0.25, 0.3) is 11.2 Å². The smallest absolute Gasteiger partial charge is 0.231 e. The Labute approximate surface area is 142 Å². The predicted octanol–water partition coefficient (Wildman–Crippen LogP) is 4.05. The lowest BCUT2D eigenvalue weighted by atomic mass is 10.3. The molecule has 0 unspecified atom stereocenters. The number of hydrogen-bond acceptors (Lipinski definition) is 6. The molecule has 122 valence electrons. The summed E-state index contributed by atoms with van der Waals surface area (Å²) in [6.07, 6.45) is 3.15. The van der Waals surface area contributed by atoms with Gasteiger partial charge in [-0.1, -0.05) is 24.3 Å². The molecule has 0 aliphatic heterocycles. The zero-order chi connectivity index (χ0) is 17.1. The molecule has 4 rings (SSSR count). The standard InChI is InChI=1S/C18H13FN6/c19-12-5-4-8-14(11-12)23-18-24-16-15(20-9-10-21-16)17(25-18)22-13-6-2-1-3-7-13/h1-11H,(H2,21,22,23,24,25). The van der Waals surface area contributed by atoms with Crippen molar-refractivity contribution >= 4 is 34.3 Å². The summed E-state index contributed by atoms with van der Waals surface area (Å²) in [7, 11) is 0. The molecule has 7 heteroatoms. The summed E-state index contributed by atoms with van der Waals surface area (Å²) in [6, 6.07) is 15.7. The second kappa shape index (κ2) is 6.48. The zero-order valence-corrected chi connectivity index (χ0v) is 13.0. The number of halogens is 1. The van der Waals surface area contributed by atoms with Gasteiger partial charge in [0.25, 0.3) is 0 Å². The average Bonchev–Trinajstić information content (AvgIpc) is 2.63. The van der Waals surface area contributed by atoms with Crippen LogP contribution in [-0.2, 0) is 0 Å². The Hall–Kier alpha value is -3.61. The van der Waals surface area contributed by atoms with Crippen molar-refractivity contribution in [1.29, 1.82) is 0 Å². The van der Waals surface area contributed by atoms with Crippen LogP contribution in [0.4, 0.5) is 27.5 Å². The van der Waals surface area contributed by atoms with Crippen LogP contribution in [0.3, 0.4) is 0 Å². The van der Waals surface area contributed by atoms with E-state index >= 15 is 0 Å². The fourth-order valence-corrected chi connectivity index (χ4v) is 2.36. The van der Waals surface area contributed by atoms with Gasteiger partial charge in [0.15, 0.2) is 17.0 Å². The first-order valence-electron chi connectivity index (χ1n) is 7.61. The van der Waals surface area contributed by atoms with E-state index in [9.17, 15) is 4.39 Å². The van der Waals surface area contributed by atoms with Crippen molar-refractivity contribution < 1.29 is 4.39 Å². The van der Waals surface area contributed by atoms with Gasteiger partial charge in [-0.15, -0.1) is 0 Å². The molecule has 6 nitrogen and oxygen atoms in total. The Morgan fingerprint density at radius 3 is 2.40 bits per heavy atom. The zero-order valence-electron chi connectivity index (χ0n) is 13.0. The number of benzene rings is 2. The lowest BCUT2D eigenvalue weighted by Gasteiger charge is -2.10. The van der Waals surface area contributed by atoms with Crippen molar-refractivity contribution in [2.24, 2.45) is 0 Å². The highest BCUT2D eigenvalue weighted by Crippen LogP contribution is 2.23. The fourth-order valence-electron chi connectivity index (χ4n) is 2.36. The lowest BCUT2D eigenvalue weighted by Crippen LogP contribution is -2.04. The molecule has 0 spiro atoms. The van der Waals surface area contributed by atoms with Gasteiger partial charge in [-0.3, -0.25) is 0 Å². The van der Waals surface area contributed by atoms with Gasteiger partial charge >= 0.3 is 0 Å². The van der Waals surface area contributed by atoms with E-state index in [1.807, 2.05) is 30.3 Å². The monoisotopic (exact) mass is 332 g/mol. The van der Waals surface area contributed by atoms with E-state index in [-0.39, 0.29) is 5.82 Å². The number of anilines is 4. The van der Waals surface area contributed by atoms with Crippen LogP contribution in [0.1, 0.15) is 0 Å². The number of aromatic nitrogens is 4. The van der Waals surface area contributed by atoms with Crippen LogP contribution in [0, 0.1) is 5.82 Å². The van der Waals surface area contributed by atoms with Crippen LogP contribution in [0.2, 0.25) is 0 Å². The van der Waals surface area contributed by atoms with Gasteiger partial charge in [0.05, 0.1) is 0 Å². The highest BCUT2D eigenvalue weighted by Gasteiger charge is 2.10. The SMILES string of the molecule is Fc1cccc(Nc2nc(Nc3ccccc3)c3nccnc3n2)c1. The lowest BCUT2D eigenvalue weighted by molar-refractivity contribution is 0.628. The minimum Gasteiger partial charge on any atom is -0.338 e. The quantitative estimate of drug-likeness (QED) is 0.587. The molecule has 0 aliphatic rings. The molecule has 2 heterocycles. The van der Waals surface area contributed by atoms with Crippen molar-refractivity contribution in [2.45, 2.75) is 0 Å². The number of rotatable bonds is 4. The molecule has 0 saturated heterocycles. The number of nitrogens with one attached hydrogen (secondary N) is 2. The number of para-hydroxylation sites is 1. The van der Waals surface area contributed by atoms with Crippen molar-refractivity contribution in [3.05, 3.63) is 72.8 Å². The van der Waals surface area contributed by atoms with Gasteiger partial charge in [0, 0.05) is 23.8 Å². The van der Waals surface area contributed by atoms with Gasteiger partial charge in [0.1, 0.15) is 5.82 Å². The van der Waals surface area contributed by atoms with Gasteiger partial charge in [-0.25, -0.2) is 14.4 Å². The molecule has 2 aromatic heterocycles. The van der Waals surface area contributed by atoms with Crippen LogP contribution >= 0.6 is 0 Å². The molecule has 2 N–H and O–H groups in total. The molecule has 0 atom stereocenters. The van der Waals surface area contributed by atoms with E-state index in [0.29, 0.717) is 28.6 Å². The maximum Gasteiger partial charge on any atom is 0.231 e. The largest absolute Gasteiger partial charge is 0.338 e. The summed E-state index contributed by atoms with van der Waals surface area (Å²) in [5.74, 6) is 0.480. The summed E-state index contributed by atoms with van der Waals surface area (Å²) in [4.78, 5) is 17.3. The number of nitrogens with zero attached hydrogens (tertiary/aromatic N) is 4. The van der Waals surface area contributed by atoms with Crippen LogP contribution in [0.5, 0.6) is 0 Å². The summed E-state index contributed by atoms with van der Waals surface area (Å²) in [5.41, 5.74) is 2.41. The van der Waals surface area contributed by atoms with E-state index in [2.05, 4.69) is 30.6 Å². The molecule has 0 bridgehead atoms. The molecule has 25 heavy (non-hydrogen) atoms. The summed E-state index contributed by atoms with van der Waals surface area (Å²) in [5, 5.41) is 6.21.